The topological polar surface area (TPSA) is 55.1 Å². The van der Waals surface area contributed by atoms with Gasteiger partial charge in [0.2, 0.25) is 6.41 Å². The summed E-state index contributed by atoms with van der Waals surface area (Å²) >= 11 is 0. The monoisotopic (exact) mass is 150 g/mol. The van der Waals surface area contributed by atoms with Gasteiger partial charge in [0, 0.05) is 11.4 Å². The molecule has 0 fully saturated rings. The van der Waals surface area contributed by atoms with E-state index in [1.54, 1.807) is 12.1 Å². The average Bonchev–Trinajstić information content (AvgIpc) is 1.98. The lowest BCUT2D eigenvalue weighted by atomic mass is 10.2. The predicted octanol–water partition coefficient (Wildman–Crippen LogP) is 1.15. The highest BCUT2D eigenvalue weighted by atomic mass is 16.1. The van der Waals surface area contributed by atoms with Crippen LogP contribution in [-0.2, 0) is 4.79 Å². The van der Waals surface area contributed by atoms with Crippen LogP contribution >= 0.6 is 0 Å². The molecule has 0 saturated carbocycles. The normalized spacial score (nSPS) is 9.18. The molecule has 58 valence electrons. The molecule has 0 aliphatic heterocycles. The molecule has 1 aromatic carbocycles. The van der Waals surface area contributed by atoms with Gasteiger partial charge in [0.05, 0.1) is 0 Å². The van der Waals surface area contributed by atoms with Crippen LogP contribution in [0.1, 0.15) is 5.56 Å². The first kappa shape index (κ1) is 7.60. The van der Waals surface area contributed by atoms with E-state index in [2.05, 4.69) is 5.32 Å². The molecular formula is C8H10N2O. The van der Waals surface area contributed by atoms with Crippen LogP contribution in [0.15, 0.2) is 18.2 Å². The van der Waals surface area contributed by atoms with Crippen molar-refractivity contribution in [2.45, 2.75) is 6.92 Å². The van der Waals surface area contributed by atoms with Crippen LogP contribution in [0.2, 0.25) is 0 Å². The second kappa shape index (κ2) is 3.05. The summed E-state index contributed by atoms with van der Waals surface area (Å²) in [5.41, 5.74) is 8.05. The minimum absolute atomic E-state index is 0.644. The van der Waals surface area contributed by atoms with Crippen LogP contribution in [-0.4, -0.2) is 6.41 Å². The molecule has 0 spiro atoms. The van der Waals surface area contributed by atoms with Gasteiger partial charge < -0.3 is 11.1 Å². The molecule has 0 aliphatic rings. The van der Waals surface area contributed by atoms with Gasteiger partial charge in [0.1, 0.15) is 0 Å². The second-order valence-corrected chi connectivity index (χ2v) is 2.33. The Hall–Kier alpha value is -1.51. The average molecular weight is 150 g/mol. The predicted molar refractivity (Wildman–Crippen MR) is 45.3 cm³/mol. The highest BCUT2D eigenvalue weighted by Gasteiger charge is 1.93. The molecule has 0 radical (unpaired) electrons. The first-order valence-electron chi connectivity index (χ1n) is 3.30. The number of anilines is 2. The fourth-order valence-corrected chi connectivity index (χ4v) is 0.834. The molecule has 1 amide bonds. The Kier molecular flexibility index (Phi) is 2.11. The molecule has 0 aromatic heterocycles. The number of nitrogen functional groups attached to an aromatic ring is 1. The zero-order valence-electron chi connectivity index (χ0n) is 6.29. The Morgan fingerprint density at radius 2 is 2.27 bits per heavy atom. The summed E-state index contributed by atoms with van der Waals surface area (Å²) in [6.45, 7) is 1.89. The standard InChI is InChI=1S/C8H10N2O/c1-6-4-7(10-5-11)2-3-8(6)9/h2-5H,9H2,1H3,(H,10,11). The maximum atomic E-state index is 10.0. The molecule has 0 aliphatic carbocycles. The van der Waals surface area contributed by atoms with Crippen LogP contribution < -0.4 is 11.1 Å². The van der Waals surface area contributed by atoms with Gasteiger partial charge in [-0.3, -0.25) is 4.79 Å². The largest absolute Gasteiger partial charge is 0.399 e. The molecule has 1 aromatic rings. The summed E-state index contributed by atoms with van der Waals surface area (Å²) in [6, 6.07) is 5.35. The molecule has 3 heteroatoms. The van der Waals surface area contributed by atoms with Crippen molar-refractivity contribution in [3.05, 3.63) is 23.8 Å². The van der Waals surface area contributed by atoms with Crippen molar-refractivity contribution < 1.29 is 4.79 Å². The summed E-state index contributed by atoms with van der Waals surface area (Å²) in [4.78, 5) is 10.0. The van der Waals surface area contributed by atoms with E-state index >= 15 is 0 Å². The van der Waals surface area contributed by atoms with E-state index in [4.69, 9.17) is 5.73 Å². The Bertz CT molecular complexity index is 271. The summed E-state index contributed by atoms with van der Waals surface area (Å²) < 4.78 is 0. The van der Waals surface area contributed by atoms with Gasteiger partial charge in [-0.05, 0) is 30.7 Å². The summed E-state index contributed by atoms with van der Waals surface area (Å²) in [5, 5.41) is 2.54. The van der Waals surface area contributed by atoms with Crippen molar-refractivity contribution in [2.24, 2.45) is 0 Å². The van der Waals surface area contributed by atoms with Gasteiger partial charge in [0.15, 0.2) is 0 Å². The van der Waals surface area contributed by atoms with Crippen LogP contribution in [0.4, 0.5) is 11.4 Å². The minimum Gasteiger partial charge on any atom is -0.399 e. The lowest BCUT2D eigenvalue weighted by Gasteiger charge is -2.02. The number of hydrogen-bond donors (Lipinski definition) is 2. The van der Waals surface area contributed by atoms with Crippen molar-refractivity contribution in [2.75, 3.05) is 11.1 Å². The minimum atomic E-state index is 0.644. The zero-order chi connectivity index (χ0) is 8.27. The van der Waals surface area contributed by atoms with E-state index in [0.29, 0.717) is 6.41 Å². The number of carbonyl (C=O) groups is 1. The lowest BCUT2D eigenvalue weighted by molar-refractivity contribution is -0.105. The smallest absolute Gasteiger partial charge is 0.211 e. The molecule has 3 N–H and O–H groups in total. The molecular weight excluding hydrogens is 140 g/mol. The van der Waals surface area contributed by atoms with Crippen LogP contribution in [0.25, 0.3) is 0 Å². The summed E-state index contributed by atoms with van der Waals surface area (Å²) in [5.74, 6) is 0. The molecule has 0 heterocycles. The molecule has 0 unspecified atom stereocenters. The maximum Gasteiger partial charge on any atom is 0.211 e. The van der Waals surface area contributed by atoms with E-state index < -0.39 is 0 Å². The number of amides is 1. The molecule has 3 nitrogen and oxygen atoms in total. The van der Waals surface area contributed by atoms with Gasteiger partial charge in [-0.1, -0.05) is 0 Å². The van der Waals surface area contributed by atoms with E-state index in [1.807, 2.05) is 13.0 Å². The molecule has 0 atom stereocenters. The lowest BCUT2D eigenvalue weighted by Crippen LogP contribution is -1.95. The van der Waals surface area contributed by atoms with Crippen molar-refractivity contribution in [3.8, 4) is 0 Å². The molecule has 0 bridgehead atoms. The number of benzene rings is 1. The summed E-state index contributed by atoms with van der Waals surface area (Å²) in [6.07, 6.45) is 0.644. The zero-order valence-corrected chi connectivity index (χ0v) is 6.29. The van der Waals surface area contributed by atoms with Gasteiger partial charge >= 0.3 is 0 Å². The van der Waals surface area contributed by atoms with Crippen molar-refractivity contribution in [1.29, 1.82) is 0 Å². The highest BCUT2D eigenvalue weighted by molar-refractivity contribution is 5.72. The first-order chi connectivity index (χ1) is 5.24. The molecule has 11 heavy (non-hydrogen) atoms. The SMILES string of the molecule is Cc1cc(NC=O)ccc1N. The number of nitrogens with one attached hydrogen (secondary N) is 1. The van der Waals surface area contributed by atoms with Gasteiger partial charge in [-0.15, -0.1) is 0 Å². The number of carbonyl (C=O) groups excluding carboxylic acids is 1. The first-order valence-corrected chi connectivity index (χ1v) is 3.30. The fraction of sp³-hybridized carbons (Fsp3) is 0.125. The number of nitrogens with two attached hydrogens (primary N) is 1. The van der Waals surface area contributed by atoms with Crippen molar-refractivity contribution in [1.82, 2.24) is 0 Å². The van der Waals surface area contributed by atoms with Gasteiger partial charge in [-0.25, -0.2) is 0 Å². The van der Waals surface area contributed by atoms with E-state index in [1.165, 1.54) is 0 Å². The maximum absolute atomic E-state index is 10.0. The van der Waals surface area contributed by atoms with E-state index in [0.717, 1.165) is 16.9 Å². The highest BCUT2D eigenvalue weighted by Crippen LogP contribution is 2.15. The number of aryl methyl sites for hydroxylation is 1. The Balaban J connectivity index is 2.95. The van der Waals surface area contributed by atoms with Crippen LogP contribution in [0.5, 0.6) is 0 Å². The van der Waals surface area contributed by atoms with Crippen LogP contribution in [0, 0.1) is 6.92 Å². The number of rotatable bonds is 2. The molecule has 1 rings (SSSR count). The second-order valence-electron chi connectivity index (χ2n) is 2.33. The third-order valence-corrected chi connectivity index (χ3v) is 1.50. The Morgan fingerprint density at radius 1 is 1.55 bits per heavy atom. The van der Waals surface area contributed by atoms with Crippen molar-refractivity contribution >= 4 is 17.8 Å². The van der Waals surface area contributed by atoms with E-state index in [-0.39, 0.29) is 0 Å². The van der Waals surface area contributed by atoms with E-state index in [9.17, 15) is 4.79 Å². The Morgan fingerprint density at radius 3 is 2.82 bits per heavy atom. The fourth-order valence-electron chi connectivity index (χ4n) is 0.834. The third kappa shape index (κ3) is 1.70. The molecule has 0 saturated heterocycles. The van der Waals surface area contributed by atoms with Crippen molar-refractivity contribution in [3.63, 3.8) is 0 Å². The number of hydrogen-bond acceptors (Lipinski definition) is 2. The quantitative estimate of drug-likeness (QED) is 0.490. The Labute approximate surface area is 65.2 Å². The van der Waals surface area contributed by atoms with Crippen LogP contribution in [0.3, 0.4) is 0 Å². The van der Waals surface area contributed by atoms with Gasteiger partial charge in [0.25, 0.3) is 0 Å². The van der Waals surface area contributed by atoms with Gasteiger partial charge in [-0.2, -0.15) is 0 Å². The summed E-state index contributed by atoms with van der Waals surface area (Å²) in [7, 11) is 0. The third-order valence-electron chi connectivity index (χ3n) is 1.50.